The number of benzene rings is 2. The van der Waals surface area contributed by atoms with E-state index in [0.29, 0.717) is 16.6 Å². The van der Waals surface area contributed by atoms with Crippen molar-refractivity contribution in [1.82, 2.24) is 20.5 Å². The van der Waals surface area contributed by atoms with Gasteiger partial charge in [0.15, 0.2) is 11.5 Å². The average molecular weight is 688 g/mol. The molecule has 2 aromatic carbocycles. The van der Waals surface area contributed by atoms with Crippen molar-refractivity contribution in [2.24, 2.45) is 5.73 Å². The van der Waals surface area contributed by atoms with E-state index in [-0.39, 0.29) is 45.6 Å². The molecule has 4 N–H and O–H groups in total. The Morgan fingerprint density at radius 3 is 2.49 bits per heavy atom. The van der Waals surface area contributed by atoms with Gasteiger partial charge < -0.3 is 35.1 Å². The van der Waals surface area contributed by atoms with Crippen LogP contribution in [-0.2, 0) is 15.8 Å². The minimum Gasteiger partial charge on any atom is -0.494 e. The highest BCUT2D eigenvalue weighted by Crippen LogP contribution is 2.50. The number of fused-ring (bicyclic) bond motifs is 3. The maximum Gasteiger partial charge on any atom is 0.586 e. The van der Waals surface area contributed by atoms with E-state index in [1.165, 1.54) is 32.2 Å². The van der Waals surface area contributed by atoms with Crippen LogP contribution in [0.1, 0.15) is 53.0 Å². The standard InChI is InChI=1S/C32H26F5N5O7/c1-29(28(38)44)13-47-26-18(29)11-23(40-25(26)15-5-6-20-21(9-15)49-32(36,37)48-20)30(45,31(33,34)35)12-39-27(43)17-7-16-8-19(14-3-4-14)41-42-24(16)22(10-17)46-2/h5-11,14,45H,3-4,12-13H2,1-2H3,(H2,38,44)(H,39,43)/t29-,30?/m0/s1. The minimum atomic E-state index is -5.45. The molecule has 4 aromatic rings. The number of alkyl halides is 5. The molecular weight excluding hydrogens is 661 g/mol. The van der Waals surface area contributed by atoms with Crippen molar-refractivity contribution in [1.29, 1.82) is 0 Å². The van der Waals surface area contributed by atoms with Gasteiger partial charge in [0.2, 0.25) is 11.5 Å². The number of hydrogen-bond acceptors (Lipinski definition) is 10. The highest BCUT2D eigenvalue weighted by molar-refractivity contribution is 6.00. The van der Waals surface area contributed by atoms with E-state index >= 15 is 0 Å². The molecule has 1 aliphatic carbocycles. The summed E-state index contributed by atoms with van der Waals surface area (Å²) in [5.41, 5.74) is -0.533. The molecule has 7 rings (SSSR count). The Morgan fingerprint density at radius 1 is 1.08 bits per heavy atom. The lowest BCUT2D eigenvalue weighted by Gasteiger charge is -2.31. The molecule has 17 heteroatoms. The first-order chi connectivity index (χ1) is 23.0. The van der Waals surface area contributed by atoms with E-state index in [2.05, 4.69) is 30.0 Å². The number of halogens is 5. The van der Waals surface area contributed by atoms with Crippen LogP contribution in [0.15, 0.2) is 42.5 Å². The predicted molar refractivity (Wildman–Crippen MR) is 158 cm³/mol. The Hall–Kier alpha value is -5.32. The summed E-state index contributed by atoms with van der Waals surface area (Å²) in [5, 5.41) is 22.4. The molecule has 49 heavy (non-hydrogen) atoms. The maximum atomic E-state index is 14.9. The number of rotatable bonds is 8. The number of amides is 2. The highest BCUT2D eigenvalue weighted by Gasteiger charge is 2.58. The zero-order valence-electron chi connectivity index (χ0n) is 25.7. The number of aliphatic hydroxyl groups is 1. The minimum absolute atomic E-state index is 0.0719. The normalized spacial score (nSPS) is 20.3. The molecule has 0 radical (unpaired) electrons. The van der Waals surface area contributed by atoms with E-state index in [4.69, 9.17) is 15.2 Å². The van der Waals surface area contributed by atoms with Crippen molar-refractivity contribution in [3.63, 3.8) is 0 Å². The number of nitrogens with two attached hydrogens (primary N) is 1. The Labute approximate surface area is 273 Å². The number of pyridine rings is 1. The quantitative estimate of drug-likeness (QED) is 0.228. The second-order valence-electron chi connectivity index (χ2n) is 12.2. The molecule has 2 aliphatic heterocycles. The van der Waals surface area contributed by atoms with E-state index in [9.17, 15) is 36.6 Å². The molecule has 0 bridgehead atoms. The van der Waals surface area contributed by atoms with Gasteiger partial charge in [0.1, 0.15) is 34.7 Å². The molecular formula is C32H26F5N5O7. The molecule has 1 unspecified atom stereocenters. The van der Waals surface area contributed by atoms with E-state index in [0.717, 1.165) is 31.0 Å². The van der Waals surface area contributed by atoms with Crippen molar-refractivity contribution in [2.45, 2.75) is 49.2 Å². The van der Waals surface area contributed by atoms with Crippen LogP contribution < -0.4 is 30.0 Å². The Bertz CT molecular complexity index is 2060. The van der Waals surface area contributed by atoms with Crippen molar-refractivity contribution < 1.29 is 55.6 Å². The topological polar surface area (TPSA) is 168 Å². The number of aromatic nitrogens is 3. The van der Waals surface area contributed by atoms with Gasteiger partial charge in [0, 0.05) is 28.0 Å². The second-order valence-corrected chi connectivity index (χ2v) is 12.2. The highest BCUT2D eigenvalue weighted by atomic mass is 19.4. The van der Waals surface area contributed by atoms with Gasteiger partial charge in [-0.2, -0.15) is 18.3 Å². The van der Waals surface area contributed by atoms with Gasteiger partial charge in [-0.25, -0.2) is 4.98 Å². The first kappa shape index (κ1) is 32.2. The number of carbonyl (C=O) groups is 2. The smallest absolute Gasteiger partial charge is 0.494 e. The molecule has 12 nitrogen and oxygen atoms in total. The lowest BCUT2D eigenvalue weighted by Crippen LogP contribution is -2.51. The lowest BCUT2D eigenvalue weighted by molar-refractivity contribution is -0.286. The number of nitrogens with one attached hydrogen (secondary N) is 1. The van der Waals surface area contributed by atoms with Gasteiger partial charge in [0.05, 0.1) is 25.0 Å². The van der Waals surface area contributed by atoms with E-state index in [1.807, 2.05) is 0 Å². The molecule has 0 saturated heterocycles. The molecule has 1 fully saturated rings. The Balaban J connectivity index is 1.29. The summed E-state index contributed by atoms with van der Waals surface area (Å²) in [7, 11) is 1.34. The molecule has 0 spiro atoms. The van der Waals surface area contributed by atoms with Gasteiger partial charge in [-0.1, -0.05) is 0 Å². The fourth-order valence-corrected chi connectivity index (χ4v) is 5.75. The number of hydrogen-bond donors (Lipinski definition) is 3. The van der Waals surface area contributed by atoms with Gasteiger partial charge in [-0.3, -0.25) is 9.59 Å². The monoisotopic (exact) mass is 687 g/mol. The third-order valence-corrected chi connectivity index (χ3v) is 8.84. The molecule has 3 aliphatic rings. The fourth-order valence-electron chi connectivity index (χ4n) is 5.75. The summed E-state index contributed by atoms with van der Waals surface area (Å²) in [5.74, 6) is -2.52. The molecule has 256 valence electrons. The molecule has 4 heterocycles. The van der Waals surface area contributed by atoms with Crippen LogP contribution in [0.25, 0.3) is 22.2 Å². The van der Waals surface area contributed by atoms with E-state index < -0.39 is 59.9 Å². The SMILES string of the molecule is COc1cc(C(=O)NCC(O)(c2cc3c(c(-c4ccc5c(c4)OC(F)(F)O5)n2)OC[C@]3(C)C(N)=O)C(F)(F)F)cc2cc(C3CC3)nnc12. The number of nitrogens with zero attached hydrogens (tertiary/aromatic N) is 3. The van der Waals surface area contributed by atoms with Gasteiger partial charge in [-0.15, -0.1) is 13.9 Å². The van der Waals surface area contributed by atoms with Crippen LogP contribution >= 0.6 is 0 Å². The van der Waals surface area contributed by atoms with Gasteiger partial charge >= 0.3 is 12.5 Å². The number of primary amides is 1. The third-order valence-electron chi connectivity index (χ3n) is 8.84. The Morgan fingerprint density at radius 2 is 1.82 bits per heavy atom. The zero-order valence-corrected chi connectivity index (χ0v) is 25.7. The predicted octanol–water partition coefficient (Wildman–Crippen LogP) is 4.21. The molecule has 1 saturated carbocycles. The summed E-state index contributed by atoms with van der Waals surface area (Å²) >= 11 is 0. The summed E-state index contributed by atoms with van der Waals surface area (Å²) in [6, 6.07) is 8.59. The second kappa shape index (κ2) is 10.8. The molecule has 2 amide bonds. The van der Waals surface area contributed by atoms with Gasteiger partial charge in [0.25, 0.3) is 5.91 Å². The van der Waals surface area contributed by atoms with Crippen molar-refractivity contribution in [3.05, 3.63) is 65.0 Å². The molecule has 2 atom stereocenters. The van der Waals surface area contributed by atoms with Crippen LogP contribution in [0, 0.1) is 0 Å². The largest absolute Gasteiger partial charge is 0.586 e. The first-order valence-corrected chi connectivity index (χ1v) is 14.8. The number of ether oxygens (including phenoxy) is 4. The lowest BCUT2D eigenvalue weighted by atomic mass is 9.81. The van der Waals surface area contributed by atoms with E-state index in [1.54, 1.807) is 6.07 Å². The summed E-state index contributed by atoms with van der Waals surface area (Å²) < 4.78 is 92.0. The number of methoxy groups -OCH3 is 1. The van der Waals surface area contributed by atoms with Crippen LogP contribution in [-0.4, -0.2) is 64.8 Å². The fraction of sp³-hybridized carbons (Fsp3) is 0.344. The third kappa shape index (κ3) is 5.37. The summed E-state index contributed by atoms with van der Waals surface area (Å²) in [6.45, 7) is -0.490. The van der Waals surface area contributed by atoms with Crippen LogP contribution in [0.2, 0.25) is 0 Å². The average Bonchev–Trinajstić information content (AvgIpc) is 3.78. The maximum absolute atomic E-state index is 14.9. The van der Waals surface area contributed by atoms with Crippen molar-refractivity contribution in [3.8, 4) is 34.3 Å². The van der Waals surface area contributed by atoms with Crippen LogP contribution in [0.3, 0.4) is 0 Å². The molecule has 2 aromatic heterocycles. The van der Waals surface area contributed by atoms with Crippen LogP contribution in [0.4, 0.5) is 22.0 Å². The zero-order chi connectivity index (χ0) is 35.1. The first-order valence-electron chi connectivity index (χ1n) is 14.8. The summed E-state index contributed by atoms with van der Waals surface area (Å²) in [4.78, 5) is 30.0. The number of carbonyl (C=O) groups excluding carboxylic acids is 2. The Kier molecular flexibility index (Phi) is 7.14. The summed E-state index contributed by atoms with van der Waals surface area (Å²) in [6.07, 6.45) is -7.58. The van der Waals surface area contributed by atoms with Crippen molar-refractivity contribution >= 4 is 22.7 Å². The van der Waals surface area contributed by atoms with Gasteiger partial charge in [-0.05, 0) is 62.2 Å². The van der Waals surface area contributed by atoms with Crippen LogP contribution in [0.5, 0.6) is 23.0 Å². The van der Waals surface area contributed by atoms with Crippen molar-refractivity contribution in [2.75, 3.05) is 20.3 Å².